The molecule has 2 aromatic carbocycles. The van der Waals surface area contributed by atoms with Crippen molar-refractivity contribution in [2.24, 2.45) is 0 Å². The van der Waals surface area contributed by atoms with E-state index >= 15 is 0 Å². The maximum atomic E-state index is 6.74. The summed E-state index contributed by atoms with van der Waals surface area (Å²) in [6.45, 7) is 8.95. The maximum Gasteiger partial charge on any atom is 0.124 e. The van der Waals surface area contributed by atoms with Gasteiger partial charge in [-0.15, -0.1) is 11.6 Å². The molecule has 0 fully saturated rings. The van der Waals surface area contributed by atoms with Crippen LogP contribution in [0.2, 0.25) is 0 Å². The number of aryl methyl sites for hydroxylation is 2. The highest BCUT2D eigenvalue weighted by molar-refractivity contribution is 6.23. The first-order chi connectivity index (χ1) is 9.54. The molecule has 0 radical (unpaired) electrons. The Kier molecular flexibility index (Phi) is 4.72. The lowest BCUT2D eigenvalue weighted by atomic mass is 9.95. The van der Waals surface area contributed by atoms with E-state index in [2.05, 4.69) is 51.1 Å². The average Bonchev–Trinajstić information content (AvgIpc) is 2.43. The van der Waals surface area contributed by atoms with E-state index in [1.54, 1.807) is 0 Å². The van der Waals surface area contributed by atoms with Crippen LogP contribution in [0.1, 0.15) is 40.1 Å². The Bertz CT molecular complexity index is 604. The van der Waals surface area contributed by atoms with Crippen molar-refractivity contribution in [3.8, 4) is 5.75 Å². The molecule has 106 valence electrons. The molecule has 0 aliphatic heterocycles. The molecule has 2 rings (SSSR count). The van der Waals surface area contributed by atoms with Crippen LogP contribution in [0.5, 0.6) is 5.75 Å². The fourth-order valence-corrected chi connectivity index (χ4v) is 2.78. The molecular formula is C18H21ClO. The lowest BCUT2D eigenvalue weighted by Gasteiger charge is -2.18. The molecule has 2 heteroatoms. The molecule has 0 aliphatic carbocycles. The second kappa shape index (κ2) is 6.32. The highest BCUT2D eigenvalue weighted by Crippen LogP contribution is 2.37. The highest BCUT2D eigenvalue weighted by atomic mass is 35.5. The molecule has 0 aliphatic rings. The Morgan fingerprint density at radius 2 is 1.80 bits per heavy atom. The van der Waals surface area contributed by atoms with Gasteiger partial charge >= 0.3 is 0 Å². The molecule has 1 atom stereocenters. The molecule has 0 spiro atoms. The molecule has 0 saturated heterocycles. The number of rotatable bonds is 4. The number of alkyl halides is 1. The predicted molar refractivity (Wildman–Crippen MR) is 86.0 cm³/mol. The van der Waals surface area contributed by atoms with E-state index in [1.807, 2.05) is 13.0 Å². The lowest BCUT2D eigenvalue weighted by molar-refractivity contribution is 0.337. The van der Waals surface area contributed by atoms with Gasteiger partial charge in [0.15, 0.2) is 0 Å². The van der Waals surface area contributed by atoms with Crippen LogP contribution < -0.4 is 4.74 Å². The van der Waals surface area contributed by atoms with E-state index in [0.29, 0.717) is 6.61 Å². The molecule has 2 aromatic rings. The summed E-state index contributed by atoms with van der Waals surface area (Å²) in [7, 11) is 0. The van der Waals surface area contributed by atoms with Gasteiger partial charge in [-0.2, -0.15) is 0 Å². The minimum Gasteiger partial charge on any atom is -0.494 e. The van der Waals surface area contributed by atoms with Crippen LogP contribution in [0.15, 0.2) is 36.4 Å². The van der Waals surface area contributed by atoms with E-state index < -0.39 is 0 Å². The van der Waals surface area contributed by atoms with Crippen molar-refractivity contribution >= 4 is 11.6 Å². The third-order valence-electron chi connectivity index (χ3n) is 3.66. The first kappa shape index (κ1) is 14.9. The quantitative estimate of drug-likeness (QED) is 0.690. The summed E-state index contributed by atoms with van der Waals surface area (Å²) in [5.41, 5.74) is 5.90. The SMILES string of the molecule is CCOc1ccc(C)cc1C(Cl)c1cccc(C)c1C. The Hall–Kier alpha value is -1.47. The van der Waals surface area contributed by atoms with E-state index in [1.165, 1.54) is 16.7 Å². The Labute approximate surface area is 126 Å². The largest absolute Gasteiger partial charge is 0.494 e. The van der Waals surface area contributed by atoms with Crippen molar-refractivity contribution in [2.45, 2.75) is 33.1 Å². The Morgan fingerprint density at radius 1 is 1.05 bits per heavy atom. The van der Waals surface area contributed by atoms with E-state index in [0.717, 1.165) is 16.9 Å². The van der Waals surface area contributed by atoms with Crippen LogP contribution in [-0.4, -0.2) is 6.61 Å². The maximum absolute atomic E-state index is 6.74. The standard InChI is InChI=1S/C18H21ClO/c1-5-20-17-10-9-12(2)11-16(17)18(19)15-8-6-7-13(3)14(15)4/h6-11,18H,5H2,1-4H3. The van der Waals surface area contributed by atoms with Crippen molar-refractivity contribution in [1.82, 2.24) is 0 Å². The molecule has 0 amide bonds. The van der Waals surface area contributed by atoms with E-state index in [-0.39, 0.29) is 5.38 Å². The zero-order valence-corrected chi connectivity index (χ0v) is 13.3. The van der Waals surface area contributed by atoms with Gasteiger partial charge in [-0.25, -0.2) is 0 Å². The molecule has 20 heavy (non-hydrogen) atoms. The van der Waals surface area contributed by atoms with Crippen molar-refractivity contribution in [1.29, 1.82) is 0 Å². The van der Waals surface area contributed by atoms with Gasteiger partial charge in [-0.1, -0.05) is 35.9 Å². The van der Waals surface area contributed by atoms with Crippen molar-refractivity contribution < 1.29 is 4.74 Å². The van der Waals surface area contributed by atoms with Crippen LogP contribution in [0.4, 0.5) is 0 Å². The summed E-state index contributed by atoms with van der Waals surface area (Å²) < 4.78 is 5.72. The van der Waals surface area contributed by atoms with E-state index in [9.17, 15) is 0 Å². The molecule has 0 N–H and O–H groups in total. The van der Waals surface area contributed by atoms with Crippen molar-refractivity contribution in [3.63, 3.8) is 0 Å². The topological polar surface area (TPSA) is 9.23 Å². The van der Waals surface area contributed by atoms with Crippen LogP contribution in [-0.2, 0) is 0 Å². The Balaban J connectivity index is 2.49. The molecule has 0 heterocycles. The summed E-state index contributed by atoms with van der Waals surface area (Å²) in [6, 6.07) is 12.4. The fraction of sp³-hybridized carbons (Fsp3) is 0.333. The molecule has 0 bridgehead atoms. The average molecular weight is 289 g/mol. The minimum absolute atomic E-state index is 0.184. The third-order valence-corrected chi connectivity index (χ3v) is 4.13. The number of hydrogen-bond acceptors (Lipinski definition) is 1. The van der Waals surface area contributed by atoms with Gasteiger partial charge in [-0.3, -0.25) is 0 Å². The van der Waals surface area contributed by atoms with Gasteiger partial charge in [0.1, 0.15) is 5.75 Å². The monoisotopic (exact) mass is 288 g/mol. The number of hydrogen-bond donors (Lipinski definition) is 0. The summed E-state index contributed by atoms with van der Waals surface area (Å²) in [5.74, 6) is 0.874. The second-order valence-corrected chi connectivity index (χ2v) is 5.56. The number of ether oxygens (including phenoxy) is 1. The van der Waals surface area contributed by atoms with Gasteiger partial charge in [0, 0.05) is 5.56 Å². The van der Waals surface area contributed by atoms with Crippen LogP contribution in [0.25, 0.3) is 0 Å². The lowest BCUT2D eigenvalue weighted by Crippen LogP contribution is -2.03. The third kappa shape index (κ3) is 2.99. The van der Waals surface area contributed by atoms with E-state index in [4.69, 9.17) is 16.3 Å². The summed E-state index contributed by atoms with van der Waals surface area (Å²) in [5, 5.41) is -0.184. The van der Waals surface area contributed by atoms with Gasteiger partial charge in [0.2, 0.25) is 0 Å². The first-order valence-electron chi connectivity index (χ1n) is 6.98. The predicted octanol–water partition coefficient (Wildman–Crippen LogP) is 5.34. The van der Waals surface area contributed by atoms with Gasteiger partial charge in [0.05, 0.1) is 12.0 Å². The van der Waals surface area contributed by atoms with Gasteiger partial charge < -0.3 is 4.74 Å². The second-order valence-electron chi connectivity index (χ2n) is 5.13. The molecule has 0 saturated carbocycles. The zero-order chi connectivity index (χ0) is 14.7. The van der Waals surface area contributed by atoms with Gasteiger partial charge in [0.25, 0.3) is 0 Å². The number of halogens is 1. The summed E-state index contributed by atoms with van der Waals surface area (Å²) in [6.07, 6.45) is 0. The zero-order valence-electron chi connectivity index (χ0n) is 12.5. The van der Waals surface area contributed by atoms with Crippen LogP contribution in [0, 0.1) is 20.8 Å². The number of benzene rings is 2. The highest BCUT2D eigenvalue weighted by Gasteiger charge is 2.18. The normalized spacial score (nSPS) is 12.2. The van der Waals surface area contributed by atoms with Crippen molar-refractivity contribution in [2.75, 3.05) is 6.61 Å². The Morgan fingerprint density at radius 3 is 2.50 bits per heavy atom. The molecule has 1 unspecified atom stereocenters. The smallest absolute Gasteiger partial charge is 0.124 e. The summed E-state index contributed by atoms with van der Waals surface area (Å²) >= 11 is 6.74. The minimum atomic E-state index is -0.184. The van der Waals surface area contributed by atoms with Crippen LogP contribution in [0.3, 0.4) is 0 Å². The fourth-order valence-electron chi connectivity index (χ4n) is 2.37. The van der Waals surface area contributed by atoms with Crippen molar-refractivity contribution in [3.05, 3.63) is 64.2 Å². The molecule has 1 nitrogen and oxygen atoms in total. The van der Waals surface area contributed by atoms with Crippen LogP contribution >= 0.6 is 11.6 Å². The molecule has 0 aromatic heterocycles. The first-order valence-corrected chi connectivity index (χ1v) is 7.41. The molecular weight excluding hydrogens is 268 g/mol. The summed E-state index contributed by atoms with van der Waals surface area (Å²) in [4.78, 5) is 0. The van der Waals surface area contributed by atoms with Gasteiger partial charge in [-0.05, 0) is 50.5 Å².